The molecule has 2 unspecified atom stereocenters. The molecule has 0 amide bonds. The molecule has 2 nitrogen and oxygen atoms in total. The minimum absolute atomic E-state index is 0.0949. The smallest absolute Gasteiger partial charge is 0.0700 e. The van der Waals surface area contributed by atoms with Gasteiger partial charge in [-0.1, -0.05) is 6.08 Å². The highest BCUT2D eigenvalue weighted by Crippen LogP contribution is 2.00. The number of rotatable bonds is 5. The summed E-state index contributed by atoms with van der Waals surface area (Å²) in [4.78, 5) is 0. The van der Waals surface area contributed by atoms with Gasteiger partial charge in [-0.15, -0.1) is 6.58 Å². The van der Waals surface area contributed by atoms with E-state index >= 15 is 0 Å². The molecule has 0 spiro atoms. The van der Waals surface area contributed by atoms with E-state index in [9.17, 15) is 0 Å². The van der Waals surface area contributed by atoms with Crippen LogP contribution in [0.25, 0.3) is 0 Å². The van der Waals surface area contributed by atoms with Gasteiger partial charge in [0.15, 0.2) is 0 Å². The molecule has 0 fully saturated rings. The topological polar surface area (TPSA) is 35.2 Å². The number of ether oxygens (including phenoxy) is 1. The molecule has 10 heavy (non-hydrogen) atoms. The predicted octanol–water partition coefficient (Wildman–Crippen LogP) is 1.31. The van der Waals surface area contributed by atoms with Gasteiger partial charge < -0.3 is 10.5 Å². The van der Waals surface area contributed by atoms with Crippen LogP contribution < -0.4 is 5.73 Å². The standard InChI is InChI=1S/C8H17NO/c1-4-6-8(9)7(3)10-5-2/h4,7-8H,1,5-6,9H2,2-3H3. The Morgan fingerprint density at radius 2 is 2.30 bits per heavy atom. The first kappa shape index (κ1) is 9.66. The van der Waals surface area contributed by atoms with E-state index in [1.54, 1.807) is 0 Å². The zero-order valence-corrected chi connectivity index (χ0v) is 6.84. The molecule has 2 atom stereocenters. The van der Waals surface area contributed by atoms with E-state index in [2.05, 4.69) is 6.58 Å². The first-order valence-electron chi connectivity index (χ1n) is 3.70. The molecule has 0 aromatic carbocycles. The lowest BCUT2D eigenvalue weighted by Gasteiger charge is -2.17. The Hall–Kier alpha value is -0.340. The van der Waals surface area contributed by atoms with Gasteiger partial charge in [0.05, 0.1) is 6.10 Å². The number of hydrogen-bond acceptors (Lipinski definition) is 2. The molecule has 2 N–H and O–H groups in total. The van der Waals surface area contributed by atoms with Gasteiger partial charge in [-0.3, -0.25) is 0 Å². The van der Waals surface area contributed by atoms with Gasteiger partial charge in [0.1, 0.15) is 0 Å². The van der Waals surface area contributed by atoms with E-state index in [0.29, 0.717) is 0 Å². The van der Waals surface area contributed by atoms with Crippen LogP contribution in [0, 0.1) is 0 Å². The average Bonchev–Trinajstić information content (AvgIpc) is 1.89. The third-order valence-electron chi connectivity index (χ3n) is 1.47. The highest BCUT2D eigenvalue weighted by Gasteiger charge is 2.09. The van der Waals surface area contributed by atoms with Crippen molar-refractivity contribution in [1.82, 2.24) is 0 Å². The van der Waals surface area contributed by atoms with Crippen LogP contribution in [0.5, 0.6) is 0 Å². The second-order valence-corrected chi connectivity index (χ2v) is 2.35. The summed E-state index contributed by atoms with van der Waals surface area (Å²) in [6.45, 7) is 8.29. The lowest BCUT2D eigenvalue weighted by Crippen LogP contribution is -2.33. The lowest BCUT2D eigenvalue weighted by molar-refractivity contribution is 0.0583. The Labute approximate surface area is 63.1 Å². The van der Waals surface area contributed by atoms with Gasteiger partial charge >= 0.3 is 0 Å². The van der Waals surface area contributed by atoms with Crippen LogP contribution in [-0.2, 0) is 4.74 Å². The maximum atomic E-state index is 5.72. The lowest BCUT2D eigenvalue weighted by atomic mass is 10.1. The van der Waals surface area contributed by atoms with Crippen molar-refractivity contribution in [3.63, 3.8) is 0 Å². The van der Waals surface area contributed by atoms with Gasteiger partial charge in [-0.2, -0.15) is 0 Å². The Morgan fingerprint density at radius 1 is 1.70 bits per heavy atom. The minimum atomic E-state index is 0.0949. The molecule has 60 valence electrons. The van der Waals surface area contributed by atoms with E-state index in [4.69, 9.17) is 10.5 Å². The molecule has 0 aliphatic rings. The van der Waals surface area contributed by atoms with E-state index in [1.165, 1.54) is 0 Å². The third-order valence-corrected chi connectivity index (χ3v) is 1.47. The maximum absolute atomic E-state index is 5.72. The SMILES string of the molecule is C=CCC(N)C(C)OCC. The first-order valence-corrected chi connectivity index (χ1v) is 3.70. The van der Waals surface area contributed by atoms with Gasteiger partial charge in [0.2, 0.25) is 0 Å². The van der Waals surface area contributed by atoms with Crippen LogP contribution in [0.2, 0.25) is 0 Å². The van der Waals surface area contributed by atoms with Crippen molar-refractivity contribution in [2.45, 2.75) is 32.4 Å². The van der Waals surface area contributed by atoms with Gasteiger partial charge in [-0.05, 0) is 20.3 Å². The van der Waals surface area contributed by atoms with E-state index in [-0.39, 0.29) is 12.1 Å². The zero-order chi connectivity index (χ0) is 7.98. The highest BCUT2D eigenvalue weighted by atomic mass is 16.5. The Bertz CT molecular complexity index is 93.3. The molecular formula is C8H17NO. The summed E-state index contributed by atoms with van der Waals surface area (Å²) in [5.41, 5.74) is 5.72. The average molecular weight is 143 g/mol. The fourth-order valence-electron chi connectivity index (χ4n) is 0.771. The fourth-order valence-corrected chi connectivity index (χ4v) is 0.771. The van der Waals surface area contributed by atoms with Crippen molar-refractivity contribution in [2.75, 3.05) is 6.61 Å². The van der Waals surface area contributed by atoms with Crippen molar-refractivity contribution in [1.29, 1.82) is 0 Å². The maximum Gasteiger partial charge on any atom is 0.0700 e. The monoisotopic (exact) mass is 143 g/mol. The summed E-state index contributed by atoms with van der Waals surface area (Å²) in [7, 11) is 0. The molecule has 0 bridgehead atoms. The molecular weight excluding hydrogens is 126 g/mol. The summed E-state index contributed by atoms with van der Waals surface area (Å²) in [5.74, 6) is 0. The van der Waals surface area contributed by atoms with E-state index < -0.39 is 0 Å². The summed E-state index contributed by atoms with van der Waals surface area (Å²) in [5, 5.41) is 0. The Balaban J connectivity index is 3.47. The molecule has 0 aromatic rings. The third kappa shape index (κ3) is 3.64. The molecule has 0 aliphatic carbocycles. The molecule has 0 rings (SSSR count). The number of nitrogens with two attached hydrogens (primary N) is 1. The molecule has 0 aliphatic heterocycles. The van der Waals surface area contributed by atoms with Crippen molar-refractivity contribution in [2.24, 2.45) is 5.73 Å². The zero-order valence-electron chi connectivity index (χ0n) is 6.84. The quantitative estimate of drug-likeness (QED) is 0.589. The van der Waals surface area contributed by atoms with Crippen LogP contribution in [0.1, 0.15) is 20.3 Å². The molecule has 0 saturated heterocycles. The van der Waals surface area contributed by atoms with Crippen LogP contribution in [0.3, 0.4) is 0 Å². The largest absolute Gasteiger partial charge is 0.377 e. The van der Waals surface area contributed by atoms with Crippen molar-refractivity contribution >= 4 is 0 Å². The Kier molecular flexibility index (Phi) is 5.26. The van der Waals surface area contributed by atoms with Gasteiger partial charge in [0.25, 0.3) is 0 Å². The van der Waals surface area contributed by atoms with E-state index in [1.807, 2.05) is 19.9 Å². The minimum Gasteiger partial charge on any atom is -0.377 e. The summed E-state index contributed by atoms with van der Waals surface area (Å²) in [6.07, 6.45) is 2.78. The van der Waals surface area contributed by atoms with Crippen LogP contribution in [0.4, 0.5) is 0 Å². The second kappa shape index (κ2) is 5.45. The van der Waals surface area contributed by atoms with E-state index in [0.717, 1.165) is 13.0 Å². The van der Waals surface area contributed by atoms with Gasteiger partial charge in [-0.25, -0.2) is 0 Å². The molecule has 0 saturated carbocycles. The van der Waals surface area contributed by atoms with Crippen molar-refractivity contribution in [3.8, 4) is 0 Å². The van der Waals surface area contributed by atoms with Crippen LogP contribution in [-0.4, -0.2) is 18.8 Å². The summed E-state index contributed by atoms with van der Waals surface area (Å²) >= 11 is 0. The fraction of sp³-hybridized carbons (Fsp3) is 0.750. The van der Waals surface area contributed by atoms with Crippen LogP contribution in [0.15, 0.2) is 12.7 Å². The normalized spacial score (nSPS) is 16.3. The number of hydrogen-bond donors (Lipinski definition) is 1. The second-order valence-electron chi connectivity index (χ2n) is 2.35. The van der Waals surface area contributed by atoms with Gasteiger partial charge in [0, 0.05) is 12.6 Å². The predicted molar refractivity (Wildman–Crippen MR) is 43.9 cm³/mol. The molecule has 0 heterocycles. The highest BCUT2D eigenvalue weighted by molar-refractivity contribution is 4.79. The van der Waals surface area contributed by atoms with Crippen molar-refractivity contribution < 1.29 is 4.74 Å². The molecule has 0 radical (unpaired) electrons. The van der Waals surface area contributed by atoms with Crippen LogP contribution >= 0.6 is 0 Å². The molecule has 0 aromatic heterocycles. The summed E-state index contributed by atoms with van der Waals surface area (Å²) < 4.78 is 5.28. The molecule has 2 heteroatoms. The Morgan fingerprint density at radius 3 is 2.70 bits per heavy atom. The van der Waals surface area contributed by atoms with Crippen molar-refractivity contribution in [3.05, 3.63) is 12.7 Å². The first-order chi connectivity index (χ1) is 4.72. The summed E-state index contributed by atoms with van der Waals surface area (Å²) in [6, 6.07) is 0.0949.